The molecule has 0 radical (unpaired) electrons. The lowest BCUT2D eigenvalue weighted by Crippen LogP contribution is -1.97. The summed E-state index contributed by atoms with van der Waals surface area (Å²) in [5.74, 6) is 1.11. The third kappa shape index (κ3) is 2.59. The number of halogens is 1. The zero-order valence-electron chi connectivity index (χ0n) is 13.6. The van der Waals surface area contributed by atoms with Gasteiger partial charge in [-0.3, -0.25) is 0 Å². The minimum Gasteiger partial charge on any atom is -0.438 e. The highest BCUT2D eigenvalue weighted by molar-refractivity contribution is 6.30. The highest BCUT2D eigenvalue weighted by Crippen LogP contribution is 2.27. The molecule has 5 nitrogen and oxygen atoms in total. The standard InChI is InChI=1S/C20H13ClN4O/c21-15-2-1-3-16(11-15)26-20-7-6-19-23-12-18(25(19)24-20)14-5-4-13-8-9-22-17(13)10-14/h1-12,22H. The van der Waals surface area contributed by atoms with Crippen LogP contribution in [0.2, 0.25) is 5.02 Å². The van der Waals surface area contributed by atoms with Crippen molar-refractivity contribution in [1.29, 1.82) is 0 Å². The number of benzene rings is 2. The van der Waals surface area contributed by atoms with Gasteiger partial charge in [-0.15, -0.1) is 5.10 Å². The molecule has 3 heterocycles. The lowest BCUT2D eigenvalue weighted by molar-refractivity contribution is 0.453. The Balaban J connectivity index is 1.58. The number of H-pyrrole nitrogens is 1. The summed E-state index contributed by atoms with van der Waals surface area (Å²) in [4.78, 5) is 7.67. The van der Waals surface area contributed by atoms with Crippen molar-refractivity contribution in [2.45, 2.75) is 0 Å². The molecule has 3 aromatic heterocycles. The first-order valence-electron chi connectivity index (χ1n) is 8.12. The summed E-state index contributed by atoms with van der Waals surface area (Å²) < 4.78 is 7.62. The number of aromatic nitrogens is 4. The SMILES string of the molecule is Clc1cccc(Oc2ccc3ncc(-c4ccc5cc[nH]c5c4)n3n2)c1. The molecule has 0 aliphatic heterocycles. The molecule has 0 aliphatic carbocycles. The molecule has 6 heteroatoms. The highest BCUT2D eigenvalue weighted by Gasteiger charge is 2.10. The fourth-order valence-electron chi connectivity index (χ4n) is 2.97. The molecule has 0 atom stereocenters. The van der Waals surface area contributed by atoms with E-state index in [9.17, 15) is 0 Å². The summed E-state index contributed by atoms with van der Waals surface area (Å²) in [5, 5.41) is 6.37. The average molecular weight is 361 g/mol. The lowest BCUT2D eigenvalue weighted by Gasteiger charge is -2.07. The number of fused-ring (bicyclic) bond motifs is 2. The second-order valence-electron chi connectivity index (χ2n) is 5.92. The maximum absolute atomic E-state index is 6.01. The third-order valence-corrected chi connectivity index (χ3v) is 4.44. The van der Waals surface area contributed by atoms with Gasteiger partial charge in [0.25, 0.3) is 0 Å². The first-order valence-corrected chi connectivity index (χ1v) is 8.50. The van der Waals surface area contributed by atoms with Crippen LogP contribution < -0.4 is 4.74 Å². The van der Waals surface area contributed by atoms with Gasteiger partial charge in [0.1, 0.15) is 5.75 Å². The number of hydrogen-bond acceptors (Lipinski definition) is 3. The van der Waals surface area contributed by atoms with Crippen LogP contribution in [0.4, 0.5) is 0 Å². The molecule has 0 bridgehead atoms. The van der Waals surface area contributed by atoms with E-state index in [4.69, 9.17) is 16.3 Å². The molecule has 0 aliphatic rings. The quantitative estimate of drug-likeness (QED) is 0.473. The van der Waals surface area contributed by atoms with Gasteiger partial charge in [0.05, 0.1) is 11.9 Å². The van der Waals surface area contributed by atoms with Gasteiger partial charge in [0.2, 0.25) is 5.88 Å². The molecular formula is C20H13ClN4O. The molecule has 5 rings (SSSR count). The van der Waals surface area contributed by atoms with Gasteiger partial charge in [-0.05, 0) is 41.8 Å². The van der Waals surface area contributed by atoms with E-state index in [2.05, 4.69) is 33.3 Å². The summed E-state index contributed by atoms with van der Waals surface area (Å²) in [7, 11) is 0. The number of aromatic amines is 1. The second-order valence-corrected chi connectivity index (χ2v) is 6.36. The Morgan fingerprint density at radius 3 is 2.88 bits per heavy atom. The van der Waals surface area contributed by atoms with Crippen molar-refractivity contribution in [2.75, 3.05) is 0 Å². The Morgan fingerprint density at radius 1 is 1.00 bits per heavy atom. The van der Waals surface area contributed by atoms with Crippen LogP contribution in [0.15, 0.2) is 73.1 Å². The van der Waals surface area contributed by atoms with E-state index >= 15 is 0 Å². The molecule has 0 saturated carbocycles. The molecule has 0 unspecified atom stereocenters. The van der Waals surface area contributed by atoms with Gasteiger partial charge in [0.15, 0.2) is 5.65 Å². The van der Waals surface area contributed by atoms with E-state index in [1.54, 1.807) is 22.7 Å². The van der Waals surface area contributed by atoms with E-state index in [1.165, 1.54) is 5.39 Å². The molecule has 0 saturated heterocycles. The third-order valence-electron chi connectivity index (χ3n) is 4.21. The minimum absolute atomic E-state index is 0.472. The van der Waals surface area contributed by atoms with Gasteiger partial charge in [-0.25, -0.2) is 9.50 Å². The van der Waals surface area contributed by atoms with Gasteiger partial charge in [-0.1, -0.05) is 29.8 Å². The zero-order valence-corrected chi connectivity index (χ0v) is 14.3. The van der Waals surface area contributed by atoms with Crippen LogP contribution in [0.5, 0.6) is 11.6 Å². The minimum atomic E-state index is 0.472. The van der Waals surface area contributed by atoms with Crippen LogP contribution in [-0.4, -0.2) is 19.6 Å². The number of nitrogens with zero attached hydrogens (tertiary/aromatic N) is 3. The summed E-state index contributed by atoms with van der Waals surface area (Å²) in [5.41, 5.74) is 3.75. The Bertz CT molecular complexity index is 1240. The fourth-order valence-corrected chi connectivity index (χ4v) is 3.15. The molecule has 5 aromatic rings. The van der Waals surface area contributed by atoms with Gasteiger partial charge in [0, 0.05) is 28.4 Å². The number of hydrogen-bond donors (Lipinski definition) is 1. The van der Waals surface area contributed by atoms with Crippen LogP contribution >= 0.6 is 11.6 Å². The van der Waals surface area contributed by atoms with E-state index in [0.717, 1.165) is 22.4 Å². The molecule has 0 amide bonds. The van der Waals surface area contributed by atoms with E-state index in [-0.39, 0.29) is 0 Å². The van der Waals surface area contributed by atoms with Gasteiger partial charge in [-0.2, -0.15) is 0 Å². The number of ether oxygens (including phenoxy) is 1. The van der Waals surface area contributed by atoms with Crippen molar-refractivity contribution in [1.82, 2.24) is 19.6 Å². The van der Waals surface area contributed by atoms with Crippen LogP contribution in [0.25, 0.3) is 27.8 Å². The van der Waals surface area contributed by atoms with Crippen molar-refractivity contribution in [3.8, 4) is 22.9 Å². The van der Waals surface area contributed by atoms with E-state index < -0.39 is 0 Å². The van der Waals surface area contributed by atoms with Crippen LogP contribution in [0.1, 0.15) is 0 Å². The van der Waals surface area contributed by atoms with Crippen molar-refractivity contribution >= 4 is 28.2 Å². The van der Waals surface area contributed by atoms with Crippen molar-refractivity contribution in [2.24, 2.45) is 0 Å². The molecule has 126 valence electrons. The molecule has 1 N–H and O–H groups in total. The smallest absolute Gasteiger partial charge is 0.237 e. The van der Waals surface area contributed by atoms with Crippen molar-refractivity contribution in [3.05, 3.63) is 78.1 Å². The van der Waals surface area contributed by atoms with Crippen LogP contribution in [0, 0.1) is 0 Å². The summed E-state index contributed by atoms with van der Waals surface area (Å²) in [6.07, 6.45) is 3.74. The summed E-state index contributed by atoms with van der Waals surface area (Å²) >= 11 is 6.01. The summed E-state index contributed by atoms with van der Waals surface area (Å²) in [6, 6.07) is 19.2. The Labute approximate surface area is 153 Å². The molecule has 0 fully saturated rings. The maximum atomic E-state index is 6.01. The van der Waals surface area contributed by atoms with Gasteiger partial charge < -0.3 is 9.72 Å². The Hall–Kier alpha value is -3.31. The molecule has 2 aromatic carbocycles. The van der Waals surface area contributed by atoms with Crippen molar-refractivity contribution in [3.63, 3.8) is 0 Å². The first kappa shape index (κ1) is 15.0. The molecular weight excluding hydrogens is 348 g/mol. The van der Waals surface area contributed by atoms with Crippen LogP contribution in [-0.2, 0) is 0 Å². The lowest BCUT2D eigenvalue weighted by atomic mass is 10.1. The summed E-state index contributed by atoms with van der Waals surface area (Å²) in [6.45, 7) is 0. The van der Waals surface area contributed by atoms with E-state index in [0.29, 0.717) is 16.7 Å². The number of rotatable bonds is 3. The average Bonchev–Trinajstić information content (AvgIpc) is 3.27. The zero-order chi connectivity index (χ0) is 17.5. The van der Waals surface area contributed by atoms with Crippen molar-refractivity contribution < 1.29 is 4.74 Å². The molecule has 26 heavy (non-hydrogen) atoms. The van der Waals surface area contributed by atoms with E-state index in [1.807, 2.05) is 36.7 Å². The number of nitrogens with one attached hydrogen (secondary N) is 1. The predicted octanol–water partition coefficient (Wildman–Crippen LogP) is 5.32. The molecule has 0 spiro atoms. The Kier molecular flexibility index (Phi) is 3.40. The topological polar surface area (TPSA) is 55.2 Å². The van der Waals surface area contributed by atoms with Crippen LogP contribution in [0.3, 0.4) is 0 Å². The monoisotopic (exact) mass is 360 g/mol. The predicted molar refractivity (Wildman–Crippen MR) is 102 cm³/mol. The first-order chi connectivity index (χ1) is 12.8. The Morgan fingerprint density at radius 2 is 1.96 bits per heavy atom. The van der Waals surface area contributed by atoms with Gasteiger partial charge >= 0.3 is 0 Å². The largest absolute Gasteiger partial charge is 0.438 e. The normalized spacial score (nSPS) is 11.3. The number of imidazole rings is 1. The second kappa shape index (κ2) is 5.89. The maximum Gasteiger partial charge on any atom is 0.237 e. The fraction of sp³-hybridized carbons (Fsp3) is 0. The highest BCUT2D eigenvalue weighted by atomic mass is 35.5.